The van der Waals surface area contributed by atoms with Gasteiger partial charge in [0.15, 0.2) is 0 Å². The molecule has 0 radical (unpaired) electrons. The predicted octanol–water partition coefficient (Wildman–Crippen LogP) is 0.860. The molecular formula is C17H31N3O3. The van der Waals surface area contributed by atoms with Crippen LogP contribution in [-0.2, 0) is 14.3 Å². The molecule has 1 N–H and O–H groups in total. The fraction of sp³-hybridized carbons (Fsp3) is 0.882. The Labute approximate surface area is 139 Å². The second kappa shape index (κ2) is 8.64. The van der Waals surface area contributed by atoms with E-state index in [4.69, 9.17) is 4.74 Å². The molecule has 0 bridgehead atoms. The highest BCUT2D eigenvalue weighted by Crippen LogP contribution is 2.21. The standard InChI is InChI=1S/C17H31N3O3/c1-19(2)15-6-4-5-13(11-16(21)20(3)12-15)17(22)18-14-7-9-23-10-8-14/h13-15H,4-12H2,1-3H3,(H,18,22)/t13-,15-/m1/s1. The minimum Gasteiger partial charge on any atom is -0.381 e. The number of likely N-dealkylation sites (N-methyl/N-ethyl adjacent to an activating group) is 2. The molecule has 0 aromatic carbocycles. The van der Waals surface area contributed by atoms with E-state index in [2.05, 4.69) is 24.3 Å². The van der Waals surface area contributed by atoms with Gasteiger partial charge in [0.25, 0.3) is 0 Å². The molecule has 2 atom stereocenters. The van der Waals surface area contributed by atoms with Crippen molar-refractivity contribution >= 4 is 11.8 Å². The van der Waals surface area contributed by atoms with Gasteiger partial charge >= 0.3 is 0 Å². The average molecular weight is 325 g/mol. The van der Waals surface area contributed by atoms with Gasteiger partial charge in [-0.1, -0.05) is 6.42 Å². The zero-order valence-electron chi connectivity index (χ0n) is 14.7. The number of carbonyl (C=O) groups excluding carboxylic acids is 2. The molecule has 132 valence electrons. The SMILES string of the molecule is CN1C[C@H](N(C)C)CCC[C@@H](C(=O)NC2CCOCC2)CC1=O. The van der Waals surface area contributed by atoms with Crippen molar-refractivity contribution in [1.82, 2.24) is 15.1 Å². The first-order chi connectivity index (χ1) is 11.0. The first kappa shape index (κ1) is 18.2. The van der Waals surface area contributed by atoms with Gasteiger partial charge in [-0.05, 0) is 39.8 Å². The van der Waals surface area contributed by atoms with E-state index in [0.29, 0.717) is 25.7 Å². The minimum atomic E-state index is -0.200. The Morgan fingerprint density at radius 1 is 1.22 bits per heavy atom. The van der Waals surface area contributed by atoms with Crippen molar-refractivity contribution < 1.29 is 14.3 Å². The van der Waals surface area contributed by atoms with Crippen molar-refractivity contribution in [3.05, 3.63) is 0 Å². The number of carbonyl (C=O) groups is 2. The number of rotatable bonds is 3. The van der Waals surface area contributed by atoms with Gasteiger partial charge in [-0.3, -0.25) is 9.59 Å². The third-order valence-corrected chi connectivity index (χ3v) is 5.09. The van der Waals surface area contributed by atoms with Gasteiger partial charge in [0, 0.05) is 51.2 Å². The summed E-state index contributed by atoms with van der Waals surface area (Å²) in [6.07, 6.45) is 4.86. The molecule has 2 aliphatic heterocycles. The quantitative estimate of drug-likeness (QED) is 0.836. The summed E-state index contributed by atoms with van der Waals surface area (Å²) in [5.74, 6) is -0.0819. The highest BCUT2D eigenvalue weighted by molar-refractivity contribution is 5.86. The lowest BCUT2D eigenvalue weighted by Crippen LogP contribution is -2.43. The van der Waals surface area contributed by atoms with E-state index in [1.807, 2.05) is 7.05 Å². The van der Waals surface area contributed by atoms with Crippen LogP contribution in [0.3, 0.4) is 0 Å². The van der Waals surface area contributed by atoms with Crippen LogP contribution in [0.15, 0.2) is 0 Å². The van der Waals surface area contributed by atoms with E-state index in [0.717, 1.165) is 38.6 Å². The summed E-state index contributed by atoms with van der Waals surface area (Å²) in [4.78, 5) is 28.9. The Balaban J connectivity index is 1.95. The molecular weight excluding hydrogens is 294 g/mol. The van der Waals surface area contributed by atoms with E-state index < -0.39 is 0 Å². The summed E-state index contributed by atoms with van der Waals surface area (Å²) in [6.45, 7) is 2.16. The Bertz CT molecular complexity index is 408. The third-order valence-electron chi connectivity index (χ3n) is 5.09. The normalized spacial score (nSPS) is 28.2. The molecule has 6 nitrogen and oxygen atoms in total. The molecule has 6 heteroatoms. The van der Waals surface area contributed by atoms with E-state index in [-0.39, 0.29) is 23.8 Å². The lowest BCUT2D eigenvalue weighted by atomic mass is 9.95. The molecule has 2 saturated heterocycles. The summed E-state index contributed by atoms with van der Waals surface area (Å²) < 4.78 is 5.33. The predicted molar refractivity (Wildman–Crippen MR) is 89.1 cm³/mol. The number of hydrogen-bond acceptors (Lipinski definition) is 4. The molecule has 0 spiro atoms. The highest BCUT2D eigenvalue weighted by Gasteiger charge is 2.29. The fourth-order valence-electron chi connectivity index (χ4n) is 3.38. The Morgan fingerprint density at radius 2 is 1.91 bits per heavy atom. The second-order valence-electron chi connectivity index (χ2n) is 7.12. The first-order valence-corrected chi connectivity index (χ1v) is 8.76. The van der Waals surface area contributed by atoms with Crippen LogP contribution in [0.4, 0.5) is 0 Å². The van der Waals surface area contributed by atoms with Gasteiger partial charge in [-0.25, -0.2) is 0 Å². The van der Waals surface area contributed by atoms with Gasteiger partial charge in [-0.2, -0.15) is 0 Å². The molecule has 0 aliphatic carbocycles. The van der Waals surface area contributed by atoms with Gasteiger partial charge in [0.05, 0.1) is 0 Å². The van der Waals surface area contributed by atoms with Gasteiger partial charge in [0.2, 0.25) is 11.8 Å². The Hall–Kier alpha value is -1.14. The van der Waals surface area contributed by atoms with Crippen LogP contribution in [0.2, 0.25) is 0 Å². The van der Waals surface area contributed by atoms with Crippen LogP contribution in [0.25, 0.3) is 0 Å². The van der Waals surface area contributed by atoms with Crippen molar-refractivity contribution in [1.29, 1.82) is 0 Å². The maximum atomic E-state index is 12.6. The number of ether oxygens (including phenoxy) is 1. The molecule has 0 unspecified atom stereocenters. The Morgan fingerprint density at radius 3 is 2.57 bits per heavy atom. The monoisotopic (exact) mass is 325 g/mol. The molecule has 0 aromatic rings. The van der Waals surface area contributed by atoms with Crippen LogP contribution in [0.1, 0.15) is 38.5 Å². The fourth-order valence-corrected chi connectivity index (χ4v) is 3.38. The summed E-state index contributed by atoms with van der Waals surface area (Å²) in [7, 11) is 5.95. The van der Waals surface area contributed by atoms with E-state index in [1.165, 1.54) is 0 Å². The molecule has 2 fully saturated rings. The van der Waals surface area contributed by atoms with Crippen LogP contribution in [0.5, 0.6) is 0 Å². The molecule has 0 saturated carbocycles. The summed E-state index contributed by atoms with van der Waals surface area (Å²) in [6, 6.07) is 0.562. The van der Waals surface area contributed by atoms with E-state index >= 15 is 0 Å². The van der Waals surface area contributed by atoms with Crippen molar-refractivity contribution in [2.24, 2.45) is 5.92 Å². The van der Waals surface area contributed by atoms with Crippen molar-refractivity contribution in [3.63, 3.8) is 0 Å². The maximum Gasteiger partial charge on any atom is 0.223 e. The lowest BCUT2D eigenvalue weighted by molar-refractivity contribution is -0.136. The van der Waals surface area contributed by atoms with Gasteiger partial charge < -0.3 is 19.9 Å². The van der Waals surface area contributed by atoms with Crippen molar-refractivity contribution in [2.75, 3.05) is 40.9 Å². The zero-order chi connectivity index (χ0) is 16.8. The maximum absolute atomic E-state index is 12.6. The van der Waals surface area contributed by atoms with E-state index in [9.17, 15) is 9.59 Å². The summed E-state index contributed by atoms with van der Waals surface area (Å²) in [5, 5.41) is 3.13. The molecule has 2 heterocycles. The summed E-state index contributed by atoms with van der Waals surface area (Å²) >= 11 is 0. The number of amides is 2. The third kappa shape index (κ3) is 5.46. The lowest BCUT2D eigenvalue weighted by Gasteiger charge is -2.28. The largest absolute Gasteiger partial charge is 0.381 e. The minimum absolute atomic E-state index is 0.0435. The average Bonchev–Trinajstić information content (AvgIpc) is 2.59. The zero-order valence-corrected chi connectivity index (χ0v) is 14.7. The second-order valence-corrected chi connectivity index (χ2v) is 7.12. The van der Waals surface area contributed by atoms with Crippen molar-refractivity contribution in [2.45, 2.75) is 50.6 Å². The molecule has 23 heavy (non-hydrogen) atoms. The van der Waals surface area contributed by atoms with Crippen LogP contribution in [-0.4, -0.2) is 74.6 Å². The Kier molecular flexibility index (Phi) is 6.84. The number of nitrogens with zero attached hydrogens (tertiary/aromatic N) is 2. The number of hydrogen-bond donors (Lipinski definition) is 1. The number of nitrogens with one attached hydrogen (secondary N) is 1. The molecule has 0 aromatic heterocycles. The van der Waals surface area contributed by atoms with Gasteiger partial charge in [-0.15, -0.1) is 0 Å². The van der Waals surface area contributed by atoms with Crippen LogP contribution < -0.4 is 5.32 Å². The van der Waals surface area contributed by atoms with Crippen LogP contribution >= 0.6 is 0 Å². The molecule has 2 rings (SSSR count). The van der Waals surface area contributed by atoms with Gasteiger partial charge in [0.1, 0.15) is 0 Å². The first-order valence-electron chi connectivity index (χ1n) is 8.76. The van der Waals surface area contributed by atoms with E-state index in [1.54, 1.807) is 4.90 Å². The van der Waals surface area contributed by atoms with Crippen molar-refractivity contribution in [3.8, 4) is 0 Å². The summed E-state index contributed by atoms with van der Waals surface area (Å²) in [5.41, 5.74) is 0. The molecule has 2 amide bonds. The highest BCUT2D eigenvalue weighted by atomic mass is 16.5. The molecule has 2 aliphatic rings. The smallest absolute Gasteiger partial charge is 0.223 e. The van der Waals surface area contributed by atoms with Crippen LogP contribution in [0, 0.1) is 5.92 Å². The topological polar surface area (TPSA) is 61.9 Å².